The van der Waals surface area contributed by atoms with Gasteiger partial charge in [0.05, 0.1) is 32.1 Å². The fourth-order valence-corrected chi connectivity index (χ4v) is 13.7. The van der Waals surface area contributed by atoms with Crippen LogP contribution < -0.4 is 58.1 Å². The molecule has 3 aromatic heterocycles. The first-order valence-electron chi connectivity index (χ1n) is 26.7. The molecule has 10 aliphatic rings. The number of hydrogen-bond donors (Lipinski definition) is 0. The topological polar surface area (TPSA) is 58.8 Å². The first-order chi connectivity index (χ1) is 36.3. The van der Waals surface area contributed by atoms with Crippen LogP contribution in [0.1, 0.15) is 78.3 Å². The van der Waals surface area contributed by atoms with Crippen LogP contribution in [0.3, 0.4) is 0 Å². The van der Waals surface area contributed by atoms with Crippen molar-refractivity contribution < 1.29 is 28.7 Å². The molecule has 1 unspecified atom stereocenters. The third-order valence-electron chi connectivity index (χ3n) is 16.9. The number of hydrogen-bond acceptors (Lipinski definition) is 9. The van der Waals surface area contributed by atoms with E-state index in [1.165, 1.54) is 50.4 Å². The van der Waals surface area contributed by atoms with Crippen molar-refractivity contribution >= 4 is 86.4 Å². The van der Waals surface area contributed by atoms with Crippen molar-refractivity contribution in [1.82, 2.24) is 0 Å². The first-order valence-corrected chi connectivity index (χ1v) is 27.8. The minimum absolute atomic E-state index is 0.493. The summed E-state index contributed by atoms with van der Waals surface area (Å²) in [6.45, 7) is 4.98. The lowest BCUT2D eigenvalue weighted by Crippen LogP contribution is -2.48. The second-order valence-electron chi connectivity index (χ2n) is 21.4. The average molecular weight is 1050 g/mol. The Hall–Kier alpha value is -6.60. The van der Waals surface area contributed by atoms with Crippen LogP contribution in [0.15, 0.2) is 110 Å². The van der Waals surface area contributed by atoms with E-state index >= 15 is 0 Å². The van der Waals surface area contributed by atoms with Crippen LogP contribution in [0.4, 0.5) is 51.6 Å². The highest BCUT2D eigenvalue weighted by atomic mass is 35.5. The molecule has 0 amide bonds. The highest BCUT2D eigenvalue weighted by molar-refractivity contribution is 6.33. The molecule has 74 heavy (non-hydrogen) atoms. The molecular formula is C59H57Cl3N9O3+3. The summed E-state index contributed by atoms with van der Waals surface area (Å²) in [5.41, 5.74) is 14.9. The van der Waals surface area contributed by atoms with E-state index in [2.05, 4.69) is 121 Å². The van der Waals surface area contributed by atoms with Crippen molar-refractivity contribution in [3.63, 3.8) is 0 Å². The van der Waals surface area contributed by atoms with Gasteiger partial charge in [0.15, 0.2) is 20.0 Å². The monoisotopic (exact) mass is 1040 g/mol. The summed E-state index contributed by atoms with van der Waals surface area (Å²) >= 11 is 20.7. The molecule has 1 atom stereocenters. The molecule has 0 spiro atoms. The summed E-state index contributed by atoms with van der Waals surface area (Å²) in [4.78, 5) is 34.6. The Morgan fingerprint density at radius 1 is 0.392 bits per heavy atom. The lowest BCUT2D eigenvalue weighted by atomic mass is 9.88. The van der Waals surface area contributed by atoms with Crippen molar-refractivity contribution in [2.45, 2.75) is 83.5 Å². The number of pyridine rings is 3. The highest BCUT2D eigenvalue weighted by Crippen LogP contribution is 2.54. The summed E-state index contributed by atoms with van der Waals surface area (Å²) in [6.07, 6.45) is 19.5. The molecule has 0 saturated heterocycles. The number of rotatable bonds is 0. The summed E-state index contributed by atoms with van der Waals surface area (Å²) in [5, 5.41) is 1.89. The molecule has 10 aliphatic heterocycles. The van der Waals surface area contributed by atoms with Gasteiger partial charge in [-0.15, -0.1) is 0 Å². The minimum Gasteiger partial charge on any atom is -0.332 e. The number of aryl methyl sites for hydroxylation is 6. The van der Waals surface area contributed by atoms with Gasteiger partial charge in [-0.05, 0) is 185 Å². The molecule has 16 bridgehead atoms. The van der Waals surface area contributed by atoms with Crippen LogP contribution in [-0.2, 0) is 38.5 Å². The van der Waals surface area contributed by atoms with Crippen LogP contribution in [0.2, 0.25) is 15.1 Å². The van der Waals surface area contributed by atoms with Crippen LogP contribution in [-0.4, -0.2) is 39.6 Å². The SMILES string of the molecule is Clc1ccc2c3c1O[n+]1ccc4cc1N3CN2CCCc1ccc2c(c1)CCCN1CN3c5c1ccc(Cl)c5O[n+]1ccc(cc13)CCCC(CC4)CCc1cc[n+]3c(c1)N1CN(CCC2)c2ccc(Cl)c(c21)O3. The van der Waals surface area contributed by atoms with Crippen molar-refractivity contribution in [2.24, 2.45) is 5.92 Å². The number of anilines is 9. The van der Waals surface area contributed by atoms with Gasteiger partial charge in [0.25, 0.3) is 0 Å². The van der Waals surface area contributed by atoms with E-state index in [0.717, 1.165) is 175 Å². The van der Waals surface area contributed by atoms with E-state index in [-0.39, 0.29) is 0 Å². The fraction of sp³-hybridized carbons (Fsp3) is 0.339. The van der Waals surface area contributed by atoms with E-state index in [1.54, 1.807) is 0 Å². The van der Waals surface area contributed by atoms with Crippen molar-refractivity contribution in [3.05, 3.63) is 158 Å². The molecule has 12 nitrogen and oxygen atoms in total. The molecule has 7 aromatic rings. The molecule has 17 rings (SSSR count). The smallest absolute Gasteiger partial charge is 0.323 e. The average Bonchev–Trinajstić information content (AvgIpc) is 4.13. The molecule has 0 radical (unpaired) electrons. The lowest BCUT2D eigenvalue weighted by molar-refractivity contribution is -0.866. The van der Waals surface area contributed by atoms with Gasteiger partial charge in [-0.3, -0.25) is 14.5 Å². The van der Waals surface area contributed by atoms with Gasteiger partial charge in [0.2, 0.25) is 34.3 Å². The Bertz CT molecular complexity index is 3460. The maximum absolute atomic E-state index is 6.92. The second kappa shape index (κ2) is 17.8. The minimum atomic E-state index is 0.493. The lowest BCUT2D eigenvalue weighted by Gasteiger charge is -2.23. The quantitative estimate of drug-likeness (QED) is 0.138. The van der Waals surface area contributed by atoms with Crippen LogP contribution in [0, 0.1) is 5.92 Å². The van der Waals surface area contributed by atoms with Crippen molar-refractivity contribution in [2.75, 3.05) is 69.0 Å². The van der Waals surface area contributed by atoms with Gasteiger partial charge in [-0.1, -0.05) is 59.4 Å². The number of nitrogens with zero attached hydrogens (tertiary/aromatic N) is 9. The van der Waals surface area contributed by atoms with E-state index < -0.39 is 0 Å². The Kier molecular flexibility index (Phi) is 10.8. The van der Waals surface area contributed by atoms with Gasteiger partial charge >= 0.3 is 17.5 Å². The zero-order chi connectivity index (χ0) is 49.2. The largest absolute Gasteiger partial charge is 0.332 e. The Morgan fingerprint density at radius 2 is 0.797 bits per heavy atom. The first kappa shape index (κ1) is 44.8. The number of fused-ring (bicyclic) bond motifs is 5. The Balaban J connectivity index is 0.826. The van der Waals surface area contributed by atoms with Gasteiger partial charge < -0.3 is 14.7 Å². The van der Waals surface area contributed by atoms with Crippen LogP contribution in [0.5, 0.6) is 17.2 Å². The molecule has 13 heterocycles. The van der Waals surface area contributed by atoms with Gasteiger partial charge in [-0.25, -0.2) is 14.7 Å². The third kappa shape index (κ3) is 7.48. The normalized spacial score (nSPS) is 19.1. The van der Waals surface area contributed by atoms with Gasteiger partial charge in [0, 0.05) is 37.8 Å². The van der Waals surface area contributed by atoms with Gasteiger partial charge in [0.1, 0.15) is 18.6 Å². The summed E-state index contributed by atoms with van der Waals surface area (Å²) in [7, 11) is 0. The van der Waals surface area contributed by atoms with E-state index in [1.807, 2.05) is 32.4 Å². The predicted octanol–water partition coefficient (Wildman–Crippen LogP) is 11.5. The zero-order valence-electron chi connectivity index (χ0n) is 41.3. The Morgan fingerprint density at radius 3 is 1.27 bits per heavy atom. The predicted molar refractivity (Wildman–Crippen MR) is 290 cm³/mol. The van der Waals surface area contributed by atoms with Crippen LogP contribution in [0.25, 0.3) is 0 Å². The van der Waals surface area contributed by atoms with E-state index in [0.29, 0.717) is 21.0 Å². The third-order valence-corrected chi connectivity index (χ3v) is 17.8. The summed E-state index contributed by atoms with van der Waals surface area (Å²) in [5.74, 6) is 5.80. The molecule has 374 valence electrons. The van der Waals surface area contributed by atoms with E-state index in [9.17, 15) is 0 Å². The van der Waals surface area contributed by atoms with E-state index in [4.69, 9.17) is 49.3 Å². The number of benzene rings is 4. The molecular weight excluding hydrogens is 989 g/mol. The summed E-state index contributed by atoms with van der Waals surface area (Å²) in [6, 6.07) is 33.6. The molecule has 0 N–H and O–H groups in total. The number of halogens is 3. The number of aromatic nitrogens is 3. The molecule has 0 saturated carbocycles. The highest BCUT2D eigenvalue weighted by Gasteiger charge is 2.47. The molecule has 0 fully saturated rings. The van der Waals surface area contributed by atoms with Crippen LogP contribution >= 0.6 is 34.8 Å². The molecule has 15 heteroatoms. The van der Waals surface area contributed by atoms with Crippen molar-refractivity contribution in [3.8, 4) is 17.2 Å². The maximum Gasteiger partial charge on any atom is 0.323 e. The fourth-order valence-electron chi connectivity index (χ4n) is 13.1. The second-order valence-corrected chi connectivity index (χ2v) is 22.6. The standard InChI is InChI=1S/C59H57Cl3N9O3/c60-45-16-19-48-54-57(45)73-70-29-23-41-12-10-38-5-1-6-40-22-28-69-51(32-40)66-37-65(50-21-18-46(61)58(72-69)55(50)66)27-4-9-44-31-39(7-2-25-63(48)35-67(54)52(70)33-41)14-15-43(44)8-3-26-64-36-68-53-34-42(13-11-38)24-30-71(53)74-59-47(62)17-20-49(64)56(59)68/h14-24,28-34,38H,1-13,25-27,35-37H2/q+3. The Labute approximate surface area is 446 Å². The zero-order valence-corrected chi connectivity index (χ0v) is 43.6. The van der Waals surface area contributed by atoms with Crippen molar-refractivity contribution in [1.29, 1.82) is 0 Å². The molecule has 4 aromatic carbocycles. The van der Waals surface area contributed by atoms with Gasteiger partial charge in [-0.2, -0.15) is 0 Å². The maximum atomic E-state index is 6.92. The summed E-state index contributed by atoms with van der Waals surface area (Å²) < 4.78 is 5.72. The molecule has 0 aliphatic carbocycles.